The standard InChI is InChI=1S/C26H20N4O2S/c1-32-23-15-18-7-3-2-6-17(18)14-20(23)25(31)30-26(33)27-19-12-10-16(11-13-19)24-28-21-8-4-5-9-22(21)29-24/h2-15H,1H3,(H,28,29)(H2,27,30,31,33). The fraction of sp³-hybridized carbons (Fsp3) is 0.0385. The first kappa shape index (κ1) is 20.7. The maximum atomic E-state index is 12.9. The zero-order chi connectivity index (χ0) is 22.8. The molecule has 6 nitrogen and oxygen atoms in total. The lowest BCUT2D eigenvalue weighted by Gasteiger charge is -2.13. The Morgan fingerprint density at radius 3 is 2.36 bits per heavy atom. The predicted molar refractivity (Wildman–Crippen MR) is 136 cm³/mol. The third-order valence-electron chi connectivity index (χ3n) is 5.35. The van der Waals surface area contributed by atoms with Crippen molar-refractivity contribution < 1.29 is 9.53 Å². The molecule has 0 aliphatic rings. The highest BCUT2D eigenvalue weighted by atomic mass is 32.1. The molecule has 5 aromatic rings. The summed E-state index contributed by atoms with van der Waals surface area (Å²) in [5.74, 6) is 0.945. The van der Waals surface area contributed by atoms with Crippen LogP contribution in [-0.4, -0.2) is 28.1 Å². The highest BCUT2D eigenvalue weighted by Crippen LogP contribution is 2.26. The van der Waals surface area contributed by atoms with Crippen molar-refractivity contribution in [2.24, 2.45) is 0 Å². The maximum Gasteiger partial charge on any atom is 0.261 e. The number of para-hydroxylation sites is 2. The molecule has 1 heterocycles. The van der Waals surface area contributed by atoms with Gasteiger partial charge in [-0.25, -0.2) is 4.98 Å². The Kier molecular flexibility index (Phi) is 5.46. The Bertz CT molecular complexity index is 1460. The number of carbonyl (C=O) groups is 1. The Morgan fingerprint density at radius 1 is 0.939 bits per heavy atom. The van der Waals surface area contributed by atoms with Crippen LogP contribution in [0.1, 0.15) is 10.4 Å². The molecule has 5 rings (SSSR count). The Labute approximate surface area is 195 Å². The molecule has 0 fully saturated rings. The minimum Gasteiger partial charge on any atom is -0.496 e. The Hall–Kier alpha value is -4.23. The van der Waals surface area contributed by atoms with Crippen molar-refractivity contribution in [2.75, 3.05) is 12.4 Å². The zero-order valence-electron chi connectivity index (χ0n) is 17.8. The lowest BCUT2D eigenvalue weighted by molar-refractivity contribution is 0.0975. The molecule has 0 saturated heterocycles. The van der Waals surface area contributed by atoms with Crippen LogP contribution < -0.4 is 15.4 Å². The number of benzene rings is 4. The quantitative estimate of drug-likeness (QED) is 0.313. The van der Waals surface area contributed by atoms with Crippen LogP contribution in [0.15, 0.2) is 84.9 Å². The van der Waals surface area contributed by atoms with Gasteiger partial charge in [0.05, 0.1) is 23.7 Å². The number of hydrogen-bond donors (Lipinski definition) is 3. The van der Waals surface area contributed by atoms with Gasteiger partial charge in [0, 0.05) is 11.3 Å². The third kappa shape index (κ3) is 4.26. The second kappa shape index (κ2) is 8.72. The molecule has 0 unspecified atom stereocenters. The van der Waals surface area contributed by atoms with Crippen LogP contribution in [-0.2, 0) is 0 Å². The number of fused-ring (bicyclic) bond motifs is 2. The normalized spacial score (nSPS) is 10.8. The SMILES string of the molecule is COc1cc2ccccc2cc1C(=O)NC(=S)Nc1ccc(-c2nc3ccccc3[nH]2)cc1. The number of nitrogens with zero attached hydrogens (tertiary/aromatic N) is 1. The molecule has 162 valence electrons. The average Bonchev–Trinajstić information content (AvgIpc) is 3.28. The van der Waals surface area contributed by atoms with Crippen molar-refractivity contribution in [3.05, 3.63) is 90.5 Å². The lowest BCUT2D eigenvalue weighted by Crippen LogP contribution is -2.34. The van der Waals surface area contributed by atoms with Gasteiger partial charge in [-0.3, -0.25) is 10.1 Å². The first-order valence-corrected chi connectivity index (χ1v) is 10.8. The number of ether oxygens (including phenoxy) is 1. The van der Waals surface area contributed by atoms with Crippen LogP contribution in [0, 0.1) is 0 Å². The number of imidazole rings is 1. The van der Waals surface area contributed by atoms with Gasteiger partial charge in [0.15, 0.2) is 5.11 Å². The number of H-pyrrole nitrogens is 1. The fourth-order valence-electron chi connectivity index (χ4n) is 3.70. The largest absolute Gasteiger partial charge is 0.496 e. The maximum absolute atomic E-state index is 12.9. The second-order valence-electron chi connectivity index (χ2n) is 7.49. The molecule has 0 aliphatic carbocycles. The number of aromatic amines is 1. The van der Waals surface area contributed by atoms with E-state index in [9.17, 15) is 4.79 Å². The zero-order valence-corrected chi connectivity index (χ0v) is 18.6. The summed E-state index contributed by atoms with van der Waals surface area (Å²) in [4.78, 5) is 20.8. The van der Waals surface area contributed by atoms with Gasteiger partial charge in [-0.15, -0.1) is 0 Å². The van der Waals surface area contributed by atoms with E-state index in [4.69, 9.17) is 17.0 Å². The van der Waals surface area contributed by atoms with Gasteiger partial charge in [0.25, 0.3) is 5.91 Å². The van der Waals surface area contributed by atoms with E-state index in [-0.39, 0.29) is 11.0 Å². The number of thiocarbonyl (C=S) groups is 1. The molecule has 1 aromatic heterocycles. The van der Waals surface area contributed by atoms with E-state index >= 15 is 0 Å². The topological polar surface area (TPSA) is 79.0 Å². The van der Waals surface area contributed by atoms with Crippen LogP contribution in [0.25, 0.3) is 33.2 Å². The van der Waals surface area contributed by atoms with E-state index in [0.29, 0.717) is 11.3 Å². The number of rotatable bonds is 4. The molecule has 0 radical (unpaired) electrons. The Balaban J connectivity index is 1.29. The highest BCUT2D eigenvalue weighted by molar-refractivity contribution is 7.80. The number of aromatic nitrogens is 2. The van der Waals surface area contributed by atoms with E-state index in [2.05, 4.69) is 20.6 Å². The first-order valence-electron chi connectivity index (χ1n) is 10.3. The molecule has 7 heteroatoms. The molecular weight excluding hydrogens is 432 g/mol. The number of methoxy groups -OCH3 is 1. The van der Waals surface area contributed by atoms with Crippen LogP contribution in [0.3, 0.4) is 0 Å². The van der Waals surface area contributed by atoms with Gasteiger partial charge in [-0.2, -0.15) is 0 Å². The van der Waals surface area contributed by atoms with Crippen molar-refractivity contribution in [1.82, 2.24) is 15.3 Å². The molecule has 3 N–H and O–H groups in total. The van der Waals surface area contributed by atoms with E-state index in [0.717, 1.165) is 38.9 Å². The monoisotopic (exact) mass is 452 g/mol. The second-order valence-corrected chi connectivity index (χ2v) is 7.90. The van der Waals surface area contributed by atoms with E-state index in [1.807, 2.05) is 78.9 Å². The summed E-state index contributed by atoms with van der Waals surface area (Å²) in [6.07, 6.45) is 0. The molecule has 0 bridgehead atoms. The smallest absolute Gasteiger partial charge is 0.261 e. The van der Waals surface area contributed by atoms with E-state index in [1.54, 1.807) is 13.2 Å². The summed E-state index contributed by atoms with van der Waals surface area (Å²) in [6.45, 7) is 0. The molecule has 1 amide bonds. The molecule has 0 atom stereocenters. The molecule has 4 aromatic carbocycles. The van der Waals surface area contributed by atoms with Crippen molar-refractivity contribution >= 4 is 50.7 Å². The van der Waals surface area contributed by atoms with E-state index < -0.39 is 0 Å². The van der Waals surface area contributed by atoms with Gasteiger partial charge < -0.3 is 15.0 Å². The number of nitrogens with one attached hydrogen (secondary N) is 3. The van der Waals surface area contributed by atoms with Crippen LogP contribution in [0.2, 0.25) is 0 Å². The first-order chi connectivity index (χ1) is 16.1. The van der Waals surface area contributed by atoms with E-state index in [1.165, 1.54) is 0 Å². The van der Waals surface area contributed by atoms with Gasteiger partial charge in [0.1, 0.15) is 11.6 Å². The number of carbonyl (C=O) groups excluding carboxylic acids is 1. The van der Waals surface area contributed by atoms with Crippen molar-refractivity contribution in [1.29, 1.82) is 0 Å². The van der Waals surface area contributed by atoms with Crippen LogP contribution >= 0.6 is 12.2 Å². The van der Waals surface area contributed by atoms with Gasteiger partial charge in [-0.1, -0.05) is 36.4 Å². The molecule has 0 saturated carbocycles. The molecule has 0 spiro atoms. The fourth-order valence-corrected chi connectivity index (χ4v) is 3.91. The Morgan fingerprint density at radius 2 is 1.64 bits per heavy atom. The summed E-state index contributed by atoms with van der Waals surface area (Å²) < 4.78 is 5.42. The number of anilines is 1. The summed E-state index contributed by atoms with van der Waals surface area (Å²) in [6, 6.07) is 27.0. The lowest BCUT2D eigenvalue weighted by atomic mass is 10.1. The van der Waals surface area contributed by atoms with Crippen LogP contribution in [0.5, 0.6) is 5.75 Å². The van der Waals surface area contributed by atoms with Crippen molar-refractivity contribution in [2.45, 2.75) is 0 Å². The summed E-state index contributed by atoms with van der Waals surface area (Å²) in [7, 11) is 1.54. The highest BCUT2D eigenvalue weighted by Gasteiger charge is 2.15. The number of hydrogen-bond acceptors (Lipinski definition) is 4. The molecule has 33 heavy (non-hydrogen) atoms. The van der Waals surface area contributed by atoms with Crippen molar-refractivity contribution in [3.8, 4) is 17.1 Å². The predicted octanol–water partition coefficient (Wildman–Crippen LogP) is 5.52. The minimum atomic E-state index is -0.339. The van der Waals surface area contributed by atoms with Gasteiger partial charge in [-0.05, 0) is 71.5 Å². The minimum absolute atomic E-state index is 0.201. The van der Waals surface area contributed by atoms with Crippen LogP contribution in [0.4, 0.5) is 5.69 Å². The average molecular weight is 453 g/mol. The van der Waals surface area contributed by atoms with Crippen molar-refractivity contribution in [3.63, 3.8) is 0 Å². The van der Waals surface area contributed by atoms with Gasteiger partial charge >= 0.3 is 0 Å². The molecular formula is C26H20N4O2S. The summed E-state index contributed by atoms with van der Waals surface area (Å²) in [5.41, 5.74) is 4.03. The third-order valence-corrected chi connectivity index (χ3v) is 5.55. The van der Waals surface area contributed by atoms with Gasteiger partial charge in [0.2, 0.25) is 0 Å². The number of amides is 1. The summed E-state index contributed by atoms with van der Waals surface area (Å²) in [5, 5.41) is 7.93. The summed E-state index contributed by atoms with van der Waals surface area (Å²) >= 11 is 5.36. The molecule has 0 aliphatic heterocycles.